The quantitative estimate of drug-likeness (QED) is 0.785. The van der Waals surface area contributed by atoms with Gasteiger partial charge in [0.05, 0.1) is 6.04 Å². The Bertz CT molecular complexity index is 502. The Morgan fingerprint density at radius 3 is 2.32 bits per heavy atom. The lowest BCUT2D eigenvalue weighted by Crippen LogP contribution is -2.16. The lowest BCUT2D eigenvalue weighted by Gasteiger charge is -2.24. The van der Waals surface area contributed by atoms with Crippen molar-refractivity contribution in [3.8, 4) is 0 Å². The SMILES string of the molecule is CCc1cccc(NC(c2ccccc2)C(C)C)c1. The van der Waals surface area contributed by atoms with Gasteiger partial charge in [-0.1, -0.05) is 63.2 Å². The van der Waals surface area contributed by atoms with Crippen LogP contribution in [0.25, 0.3) is 0 Å². The fourth-order valence-corrected chi connectivity index (χ4v) is 2.36. The zero-order chi connectivity index (χ0) is 13.7. The van der Waals surface area contributed by atoms with Gasteiger partial charge in [-0.25, -0.2) is 0 Å². The maximum absolute atomic E-state index is 3.67. The summed E-state index contributed by atoms with van der Waals surface area (Å²) >= 11 is 0. The molecule has 2 rings (SSSR count). The van der Waals surface area contributed by atoms with Crippen molar-refractivity contribution < 1.29 is 0 Å². The molecule has 19 heavy (non-hydrogen) atoms. The molecule has 1 nitrogen and oxygen atoms in total. The van der Waals surface area contributed by atoms with Gasteiger partial charge in [0.15, 0.2) is 0 Å². The van der Waals surface area contributed by atoms with Crippen molar-refractivity contribution in [3.05, 3.63) is 65.7 Å². The Hall–Kier alpha value is -1.76. The molecule has 0 fully saturated rings. The number of anilines is 1. The van der Waals surface area contributed by atoms with Crippen molar-refractivity contribution in [2.45, 2.75) is 33.2 Å². The van der Waals surface area contributed by atoms with Crippen LogP contribution in [0.4, 0.5) is 5.69 Å². The Morgan fingerprint density at radius 1 is 0.947 bits per heavy atom. The van der Waals surface area contributed by atoms with E-state index < -0.39 is 0 Å². The minimum Gasteiger partial charge on any atom is -0.378 e. The number of aryl methyl sites for hydroxylation is 1. The Morgan fingerprint density at radius 2 is 1.68 bits per heavy atom. The molecule has 0 saturated carbocycles. The van der Waals surface area contributed by atoms with Crippen molar-refractivity contribution in [2.75, 3.05) is 5.32 Å². The van der Waals surface area contributed by atoms with E-state index in [1.807, 2.05) is 0 Å². The molecule has 0 spiro atoms. The Kier molecular flexibility index (Phi) is 4.62. The van der Waals surface area contributed by atoms with Crippen molar-refractivity contribution in [1.29, 1.82) is 0 Å². The van der Waals surface area contributed by atoms with Gasteiger partial charge < -0.3 is 5.32 Å². The van der Waals surface area contributed by atoms with Gasteiger partial charge in [0.25, 0.3) is 0 Å². The molecule has 0 saturated heterocycles. The van der Waals surface area contributed by atoms with Gasteiger partial charge in [-0.3, -0.25) is 0 Å². The highest BCUT2D eigenvalue weighted by Gasteiger charge is 2.15. The topological polar surface area (TPSA) is 12.0 Å². The minimum absolute atomic E-state index is 0.355. The first-order valence-electron chi connectivity index (χ1n) is 7.11. The number of rotatable bonds is 5. The molecule has 1 heteroatoms. The van der Waals surface area contributed by atoms with Crippen LogP contribution in [0.15, 0.2) is 54.6 Å². The van der Waals surface area contributed by atoms with Gasteiger partial charge in [0, 0.05) is 5.69 Å². The van der Waals surface area contributed by atoms with Crippen LogP contribution >= 0.6 is 0 Å². The maximum Gasteiger partial charge on any atom is 0.0536 e. The van der Waals surface area contributed by atoms with Crippen LogP contribution in [0.2, 0.25) is 0 Å². The first-order valence-corrected chi connectivity index (χ1v) is 7.11. The standard InChI is InChI=1S/C18H23N/c1-4-15-9-8-12-17(13-15)19-18(14(2)3)16-10-6-5-7-11-16/h5-14,18-19H,4H2,1-3H3. The summed E-state index contributed by atoms with van der Waals surface area (Å²) in [5.41, 5.74) is 3.93. The fraction of sp³-hybridized carbons (Fsp3) is 0.333. The van der Waals surface area contributed by atoms with E-state index in [9.17, 15) is 0 Å². The summed E-state index contributed by atoms with van der Waals surface area (Å²) in [7, 11) is 0. The minimum atomic E-state index is 0.355. The molecule has 0 amide bonds. The molecule has 0 heterocycles. The van der Waals surface area contributed by atoms with Crippen molar-refractivity contribution in [1.82, 2.24) is 0 Å². The van der Waals surface area contributed by atoms with Crippen molar-refractivity contribution in [3.63, 3.8) is 0 Å². The number of benzene rings is 2. The maximum atomic E-state index is 3.67. The lowest BCUT2D eigenvalue weighted by molar-refractivity contribution is 0.546. The van der Waals surface area contributed by atoms with Gasteiger partial charge in [0.1, 0.15) is 0 Å². The lowest BCUT2D eigenvalue weighted by atomic mass is 9.95. The van der Waals surface area contributed by atoms with Crippen molar-refractivity contribution in [2.24, 2.45) is 5.92 Å². The highest BCUT2D eigenvalue weighted by molar-refractivity contribution is 5.48. The molecule has 100 valence electrons. The summed E-state index contributed by atoms with van der Waals surface area (Å²) in [5, 5.41) is 3.67. The largest absolute Gasteiger partial charge is 0.378 e. The molecule has 0 aromatic heterocycles. The molecule has 2 aromatic rings. The third kappa shape index (κ3) is 3.60. The number of nitrogens with one attached hydrogen (secondary N) is 1. The fourth-order valence-electron chi connectivity index (χ4n) is 2.36. The Labute approximate surface area is 116 Å². The molecule has 2 aromatic carbocycles. The zero-order valence-corrected chi connectivity index (χ0v) is 12.1. The van der Waals surface area contributed by atoms with E-state index in [0.717, 1.165) is 6.42 Å². The van der Waals surface area contributed by atoms with E-state index in [1.165, 1.54) is 16.8 Å². The number of hydrogen-bond donors (Lipinski definition) is 1. The third-order valence-corrected chi connectivity index (χ3v) is 3.48. The summed E-state index contributed by atoms with van der Waals surface area (Å²) < 4.78 is 0. The predicted molar refractivity (Wildman–Crippen MR) is 83.5 cm³/mol. The van der Waals surface area contributed by atoms with E-state index in [0.29, 0.717) is 12.0 Å². The highest BCUT2D eigenvalue weighted by Crippen LogP contribution is 2.26. The molecule has 0 aliphatic rings. The van der Waals surface area contributed by atoms with Gasteiger partial charge in [-0.15, -0.1) is 0 Å². The molecule has 1 atom stereocenters. The third-order valence-electron chi connectivity index (χ3n) is 3.48. The van der Waals surface area contributed by atoms with Crippen LogP contribution < -0.4 is 5.32 Å². The average Bonchev–Trinajstić information content (AvgIpc) is 2.45. The summed E-state index contributed by atoms with van der Waals surface area (Å²) in [4.78, 5) is 0. The second-order valence-electron chi connectivity index (χ2n) is 5.33. The van der Waals surface area contributed by atoms with Crippen LogP contribution in [0.5, 0.6) is 0 Å². The summed E-state index contributed by atoms with van der Waals surface area (Å²) in [5.74, 6) is 0.549. The second-order valence-corrected chi connectivity index (χ2v) is 5.33. The van der Waals surface area contributed by atoms with E-state index in [-0.39, 0.29) is 0 Å². The van der Waals surface area contributed by atoms with E-state index in [2.05, 4.69) is 80.7 Å². The first-order chi connectivity index (χ1) is 9.20. The molecule has 1 N–H and O–H groups in total. The molecule has 0 aliphatic heterocycles. The van der Waals surface area contributed by atoms with Crippen LogP contribution in [0.3, 0.4) is 0 Å². The molecular formula is C18H23N. The summed E-state index contributed by atoms with van der Waals surface area (Å²) in [6, 6.07) is 19.7. The van der Waals surface area contributed by atoms with E-state index in [4.69, 9.17) is 0 Å². The van der Waals surface area contributed by atoms with Crippen LogP contribution in [-0.4, -0.2) is 0 Å². The summed E-state index contributed by atoms with van der Waals surface area (Å²) in [6.45, 7) is 6.71. The summed E-state index contributed by atoms with van der Waals surface area (Å²) in [6.07, 6.45) is 1.08. The first kappa shape index (κ1) is 13.7. The van der Waals surface area contributed by atoms with Crippen molar-refractivity contribution >= 4 is 5.69 Å². The normalized spacial score (nSPS) is 12.4. The van der Waals surface area contributed by atoms with Crippen LogP contribution in [0, 0.1) is 5.92 Å². The van der Waals surface area contributed by atoms with Crippen LogP contribution in [0.1, 0.15) is 37.9 Å². The van der Waals surface area contributed by atoms with Gasteiger partial charge in [0.2, 0.25) is 0 Å². The number of hydrogen-bond acceptors (Lipinski definition) is 1. The van der Waals surface area contributed by atoms with E-state index in [1.54, 1.807) is 0 Å². The Balaban J connectivity index is 2.21. The van der Waals surface area contributed by atoms with E-state index >= 15 is 0 Å². The highest BCUT2D eigenvalue weighted by atomic mass is 14.9. The van der Waals surface area contributed by atoms with Crippen LogP contribution in [-0.2, 0) is 6.42 Å². The average molecular weight is 253 g/mol. The smallest absolute Gasteiger partial charge is 0.0536 e. The van der Waals surface area contributed by atoms with Gasteiger partial charge in [-0.05, 0) is 35.6 Å². The van der Waals surface area contributed by atoms with Gasteiger partial charge >= 0.3 is 0 Å². The predicted octanol–water partition coefficient (Wildman–Crippen LogP) is 5.06. The van der Waals surface area contributed by atoms with Gasteiger partial charge in [-0.2, -0.15) is 0 Å². The molecule has 1 unspecified atom stereocenters. The molecule has 0 radical (unpaired) electrons. The zero-order valence-electron chi connectivity index (χ0n) is 12.1. The second kappa shape index (κ2) is 6.42. The molecular weight excluding hydrogens is 230 g/mol. The molecule has 0 aliphatic carbocycles. The monoisotopic (exact) mass is 253 g/mol. The molecule has 0 bridgehead atoms.